The van der Waals surface area contributed by atoms with Gasteiger partial charge >= 0.3 is 0 Å². The summed E-state index contributed by atoms with van der Waals surface area (Å²) in [7, 11) is 0. The molecular weight excluding hydrogens is 208 g/mol. The fraction of sp³-hybridized carbons (Fsp3) is 1.00. The second-order valence-electron chi connectivity index (χ2n) is 6.62. The first-order chi connectivity index (χ1) is 7.99. The largest absolute Gasteiger partial charge is 0.312 e. The van der Waals surface area contributed by atoms with Crippen molar-refractivity contribution in [1.29, 1.82) is 0 Å². The van der Waals surface area contributed by atoms with Crippen LogP contribution in [0.5, 0.6) is 0 Å². The maximum atomic E-state index is 3.56. The molecule has 0 bridgehead atoms. The van der Waals surface area contributed by atoms with Crippen LogP contribution in [0.1, 0.15) is 66.2 Å². The smallest absolute Gasteiger partial charge is 0.00965 e. The molecule has 1 rings (SSSR count). The first kappa shape index (κ1) is 15.0. The van der Waals surface area contributed by atoms with E-state index in [-0.39, 0.29) is 5.54 Å². The van der Waals surface area contributed by atoms with Crippen LogP contribution in [0.25, 0.3) is 0 Å². The number of likely N-dealkylation sites (tertiary alicyclic amines) is 1. The van der Waals surface area contributed by atoms with E-state index >= 15 is 0 Å². The number of nitrogens with one attached hydrogen (secondary N) is 1. The quantitative estimate of drug-likeness (QED) is 0.741. The molecule has 102 valence electrons. The average Bonchev–Trinajstić information content (AvgIpc) is 2.42. The van der Waals surface area contributed by atoms with Gasteiger partial charge in [-0.1, -0.05) is 12.8 Å². The van der Waals surface area contributed by atoms with Crippen LogP contribution in [-0.2, 0) is 0 Å². The normalized spacial score (nSPS) is 23.6. The van der Waals surface area contributed by atoms with Crippen molar-refractivity contribution in [3.63, 3.8) is 0 Å². The van der Waals surface area contributed by atoms with Crippen molar-refractivity contribution < 1.29 is 0 Å². The summed E-state index contributed by atoms with van der Waals surface area (Å²) >= 11 is 0. The van der Waals surface area contributed by atoms with Gasteiger partial charge in [-0.25, -0.2) is 0 Å². The monoisotopic (exact) mass is 240 g/mol. The van der Waals surface area contributed by atoms with Gasteiger partial charge < -0.3 is 10.2 Å². The molecule has 2 heteroatoms. The minimum atomic E-state index is 0.274. The van der Waals surface area contributed by atoms with E-state index in [1.165, 1.54) is 51.6 Å². The molecule has 0 aromatic carbocycles. The van der Waals surface area contributed by atoms with E-state index in [4.69, 9.17) is 0 Å². The maximum Gasteiger partial charge on any atom is 0.00965 e. The van der Waals surface area contributed by atoms with Crippen molar-refractivity contribution in [2.45, 2.75) is 77.8 Å². The lowest BCUT2D eigenvalue weighted by atomic mass is 10.1. The zero-order chi connectivity index (χ0) is 12.7. The highest BCUT2D eigenvalue weighted by molar-refractivity contribution is 4.73. The summed E-state index contributed by atoms with van der Waals surface area (Å²) < 4.78 is 0. The molecule has 1 aliphatic rings. The van der Waals surface area contributed by atoms with Crippen molar-refractivity contribution in [2.24, 2.45) is 0 Å². The Balaban J connectivity index is 2.08. The number of rotatable bonds is 5. The molecule has 1 atom stereocenters. The molecule has 0 aliphatic carbocycles. The molecule has 1 unspecified atom stereocenters. The van der Waals surface area contributed by atoms with E-state index in [2.05, 4.69) is 37.9 Å². The third kappa shape index (κ3) is 7.05. The predicted octanol–water partition coefficient (Wildman–Crippen LogP) is 3.42. The Hall–Kier alpha value is -0.0800. The highest BCUT2D eigenvalue weighted by Crippen LogP contribution is 2.16. The summed E-state index contributed by atoms with van der Waals surface area (Å²) in [5.41, 5.74) is 0.274. The van der Waals surface area contributed by atoms with Gasteiger partial charge in [-0.15, -0.1) is 0 Å². The van der Waals surface area contributed by atoms with Crippen LogP contribution in [-0.4, -0.2) is 36.1 Å². The van der Waals surface area contributed by atoms with Crippen LogP contribution in [0.15, 0.2) is 0 Å². The van der Waals surface area contributed by atoms with Crippen molar-refractivity contribution in [3.05, 3.63) is 0 Å². The summed E-state index contributed by atoms with van der Waals surface area (Å²) in [5.74, 6) is 0. The second-order valence-corrected chi connectivity index (χ2v) is 6.62. The van der Waals surface area contributed by atoms with E-state index in [0.717, 1.165) is 12.6 Å². The Morgan fingerprint density at radius 3 is 2.59 bits per heavy atom. The molecule has 1 fully saturated rings. The number of hydrogen-bond acceptors (Lipinski definition) is 2. The molecule has 0 amide bonds. The predicted molar refractivity (Wildman–Crippen MR) is 76.5 cm³/mol. The van der Waals surface area contributed by atoms with E-state index in [9.17, 15) is 0 Å². The highest BCUT2D eigenvalue weighted by Gasteiger charge is 2.15. The summed E-state index contributed by atoms with van der Waals surface area (Å²) in [6.07, 6.45) is 8.33. The molecule has 2 nitrogen and oxygen atoms in total. The number of nitrogens with zero attached hydrogens (tertiary/aromatic N) is 1. The van der Waals surface area contributed by atoms with Crippen LogP contribution in [0.3, 0.4) is 0 Å². The fourth-order valence-electron chi connectivity index (χ4n) is 2.57. The van der Waals surface area contributed by atoms with Crippen LogP contribution in [0, 0.1) is 0 Å². The summed E-state index contributed by atoms with van der Waals surface area (Å²) in [6.45, 7) is 12.9. The third-order valence-corrected chi connectivity index (χ3v) is 3.72. The zero-order valence-corrected chi connectivity index (χ0v) is 12.4. The van der Waals surface area contributed by atoms with Crippen molar-refractivity contribution in [2.75, 3.05) is 19.6 Å². The van der Waals surface area contributed by atoms with Crippen LogP contribution < -0.4 is 5.32 Å². The van der Waals surface area contributed by atoms with Gasteiger partial charge in [0.1, 0.15) is 0 Å². The molecule has 1 N–H and O–H groups in total. The Morgan fingerprint density at radius 1 is 1.12 bits per heavy atom. The topological polar surface area (TPSA) is 15.3 Å². The minimum absolute atomic E-state index is 0.274. The second kappa shape index (κ2) is 7.38. The lowest BCUT2D eigenvalue weighted by Gasteiger charge is -2.27. The fourth-order valence-corrected chi connectivity index (χ4v) is 2.57. The first-order valence-electron chi connectivity index (χ1n) is 7.48. The maximum absolute atomic E-state index is 3.56. The molecule has 0 aromatic heterocycles. The van der Waals surface area contributed by atoms with Gasteiger partial charge in [0.2, 0.25) is 0 Å². The van der Waals surface area contributed by atoms with Crippen LogP contribution >= 0.6 is 0 Å². The highest BCUT2D eigenvalue weighted by atomic mass is 15.1. The third-order valence-electron chi connectivity index (χ3n) is 3.72. The Bertz CT molecular complexity index is 196. The van der Waals surface area contributed by atoms with E-state index in [1.54, 1.807) is 0 Å². The van der Waals surface area contributed by atoms with E-state index < -0.39 is 0 Å². The van der Waals surface area contributed by atoms with Gasteiger partial charge in [0.05, 0.1) is 0 Å². The van der Waals surface area contributed by atoms with Crippen molar-refractivity contribution in [1.82, 2.24) is 10.2 Å². The molecule has 0 aromatic rings. The van der Waals surface area contributed by atoms with Crippen molar-refractivity contribution >= 4 is 0 Å². The van der Waals surface area contributed by atoms with Gasteiger partial charge in [0.15, 0.2) is 0 Å². The number of unbranched alkanes of at least 4 members (excludes halogenated alkanes) is 1. The zero-order valence-electron chi connectivity index (χ0n) is 12.4. The lowest BCUT2D eigenvalue weighted by molar-refractivity contribution is 0.208. The van der Waals surface area contributed by atoms with Crippen LogP contribution in [0.4, 0.5) is 0 Å². The SMILES string of the molecule is CC1CCCCCN1CCCCNC(C)(C)C. The lowest BCUT2D eigenvalue weighted by Crippen LogP contribution is -2.37. The molecule has 0 saturated carbocycles. The van der Waals surface area contributed by atoms with Gasteiger partial charge in [-0.2, -0.15) is 0 Å². The van der Waals surface area contributed by atoms with Gasteiger partial charge in [-0.05, 0) is 73.0 Å². The summed E-state index contributed by atoms with van der Waals surface area (Å²) in [5, 5.41) is 3.56. The van der Waals surface area contributed by atoms with Gasteiger partial charge in [0, 0.05) is 11.6 Å². The van der Waals surface area contributed by atoms with Crippen molar-refractivity contribution in [3.8, 4) is 0 Å². The molecule has 1 heterocycles. The molecular formula is C15H32N2. The molecule has 1 aliphatic heterocycles. The Morgan fingerprint density at radius 2 is 1.88 bits per heavy atom. The van der Waals surface area contributed by atoms with Crippen LogP contribution in [0.2, 0.25) is 0 Å². The molecule has 17 heavy (non-hydrogen) atoms. The minimum Gasteiger partial charge on any atom is -0.312 e. The number of hydrogen-bond donors (Lipinski definition) is 1. The Labute approximate surface area is 108 Å². The summed E-state index contributed by atoms with van der Waals surface area (Å²) in [6, 6.07) is 0.813. The molecule has 0 radical (unpaired) electrons. The molecule has 0 spiro atoms. The van der Waals surface area contributed by atoms with Gasteiger partial charge in [0.25, 0.3) is 0 Å². The summed E-state index contributed by atoms with van der Waals surface area (Å²) in [4.78, 5) is 2.70. The Kier molecular flexibility index (Phi) is 6.50. The van der Waals surface area contributed by atoms with E-state index in [0.29, 0.717) is 0 Å². The average molecular weight is 240 g/mol. The van der Waals surface area contributed by atoms with Gasteiger partial charge in [-0.3, -0.25) is 0 Å². The van der Waals surface area contributed by atoms with E-state index in [1.807, 2.05) is 0 Å². The first-order valence-corrected chi connectivity index (χ1v) is 7.48. The standard InChI is InChI=1S/C15H32N2/c1-14-10-6-5-8-12-17(14)13-9-7-11-16-15(2,3)4/h14,16H,5-13H2,1-4H3. The molecule has 1 saturated heterocycles.